The third kappa shape index (κ3) is 4.34. The highest BCUT2D eigenvalue weighted by molar-refractivity contribution is 5.93. The number of hydrogen-bond acceptors (Lipinski definition) is 3. The predicted molar refractivity (Wildman–Crippen MR) is 106 cm³/mol. The second-order valence-corrected chi connectivity index (χ2v) is 7.59. The number of nitrogens with zero attached hydrogens (tertiary/aromatic N) is 2. The molecule has 146 valence electrons. The molecule has 0 aliphatic carbocycles. The highest BCUT2D eigenvalue weighted by atomic mass is 16.5. The number of benzene rings is 1. The maximum Gasteiger partial charge on any atom is 0.249 e. The van der Waals surface area contributed by atoms with Crippen LogP contribution in [0.2, 0.25) is 0 Å². The van der Waals surface area contributed by atoms with Gasteiger partial charge in [0.25, 0.3) is 0 Å². The molecule has 27 heavy (non-hydrogen) atoms. The van der Waals surface area contributed by atoms with Gasteiger partial charge in [0.05, 0.1) is 13.5 Å². The van der Waals surface area contributed by atoms with Crippen molar-refractivity contribution in [3.05, 3.63) is 41.5 Å². The van der Waals surface area contributed by atoms with Crippen LogP contribution in [0.15, 0.2) is 35.9 Å². The van der Waals surface area contributed by atoms with Gasteiger partial charge in [-0.05, 0) is 56.7 Å². The first-order valence-corrected chi connectivity index (χ1v) is 9.88. The molecule has 5 heteroatoms. The van der Waals surface area contributed by atoms with E-state index in [4.69, 9.17) is 4.74 Å². The quantitative estimate of drug-likeness (QED) is 0.766. The van der Waals surface area contributed by atoms with Gasteiger partial charge in [-0.2, -0.15) is 0 Å². The number of ether oxygens (including phenoxy) is 1. The monoisotopic (exact) mass is 370 g/mol. The number of carbonyl (C=O) groups excluding carboxylic acids is 2. The first-order valence-electron chi connectivity index (χ1n) is 9.88. The van der Waals surface area contributed by atoms with E-state index in [9.17, 15) is 9.59 Å². The fourth-order valence-corrected chi connectivity index (χ4v) is 4.26. The van der Waals surface area contributed by atoms with Gasteiger partial charge >= 0.3 is 0 Å². The molecule has 2 atom stereocenters. The molecule has 0 saturated carbocycles. The minimum Gasteiger partial charge on any atom is -0.497 e. The molecular formula is C22H30N2O3. The molecule has 5 nitrogen and oxygen atoms in total. The molecule has 0 unspecified atom stereocenters. The van der Waals surface area contributed by atoms with Crippen LogP contribution in [0.1, 0.15) is 38.7 Å². The Bertz CT molecular complexity index is 711. The van der Waals surface area contributed by atoms with Gasteiger partial charge in [0.15, 0.2) is 0 Å². The summed E-state index contributed by atoms with van der Waals surface area (Å²) in [6.45, 7) is 6.13. The summed E-state index contributed by atoms with van der Waals surface area (Å²) in [6.07, 6.45) is 5.29. The maximum atomic E-state index is 12.8. The second-order valence-electron chi connectivity index (χ2n) is 7.59. The van der Waals surface area contributed by atoms with Crippen LogP contribution in [-0.2, 0) is 16.0 Å². The largest absolute Gasteiger partial charge is 0.497 e. The van der Waals surface area contributed by atoms with E-state index in [2.05, 4.69) is 4.90 Å². The third-order valence-corrected chi connectivity index (χ3v) is 5.97. The van der Waals surface area contributed by atoms with E-state index in [0.717, 1.165) is 55.8 Å². The number of fused-ring (bicyclic) bond motifs is 1. The van der Waals surface area contributed by atoms with Crippen molar-refractivity contribution in [3.63, 3.8) is 0 Å². The second kappa shape index (κ2) is 8.59. The summed E-state index contributed by atoms with van der Waals surface area (Å²) in [5.41, 5.74) is 1.82. The summed E-state index contributed by atoms with van der Waals surface area (Å²) < 4.78 is 5.17. The topological polar surface area (TPSA) is 49.9 Å². The molecule has 0 aromatic heterocycles. The minimum atomic E-state index is 0.158. The summed E-state index contributed by atoms with van der Waals surface area (Å²) in [7, 11) is 1.64. The summed E-state index contributed by atoms with van der Waals surface area (Å²) in [6, 6.07) is 7.95. The van der Waals surface area contributed by atoms with Crippen LogP contribution >= 0.6 is 0 Å². The van der Waals surface area contributed by atoms with Crippen LogP contribution in [0.3, 0.4) is 0 Å². The van der Waals surface area contributed by atoms with Crippen LogP contribution in [0.5, 0.6) is 5.75 Å². The van der Waals surface area contributed by atoms with E-state index in [1.165, 1.54) is 0 Å². The number of piperidine rings is 2. The number of likely N-dealkylation sites (tertiary alicyclic amines) is 2. The normalized spacial score (nSPS) is 23.0. The van der Waals surface area contributed by atoms with Gasteiger partial charge < -0.3 is 14.5 Å². The molecule has 0 bridgehead atoms. The predicted octanol–water partition coefficient (Wildman–Crippen LogP) is 3.04. The van der Waals surface area contributed by atoms with Gasteiger partial charge in [-0.15, -0.1) is 0 Å². The fourth-order valence-electron chi connectivity index (χ4n) is 4.26. The molecule has 2 aliphatic rings. The highest BCUT2D eigenvalue weighted by Gasteiger charge is 2.39. The van der Waals surface area contributed by atoms with E-state index < -0.39 is 0 Å². The van der Waals surface area contributed by atoms with Crippen molar-refractivity contribution in [1.82, 2.24) is 9.80 Å². The van der Waals surface area contributed by atoms with Crippen molar-refractivity contribution < 1.29 is 14.3 Å². The van der Waals surface area contributed by atoms with Crippen LogP contribution < -0.4 is 4.74 Å². The zero-order chi connectivity index (χ0) is 19.4. The van der Waals surface area contributed by atoms with E-state index in [1.807, 2.05) is 49.1 Å². The smallest absolute Gasteiger partial charge is 0.249 e. The van der Waals surface area contributed by atoms with E-state index in [0.29, 0.717) is 12.3 Å². The first-order chi connectivity index (χ1) is 13.0. The van der Waals surface area contributed by atoms with Crippen LogP contribution in [-0.4, -0.2) is 54.4 Å². The molecule has 1 aromatic carbocycles. The van der Waals surface area contributed by atoms with Gasteiger partial charge in [0.1, 0.15) is 5.75 Å². The fraction of sp³-hybridized carbons (Fsp3) is 0.545. The first kappa shape index (κ1) is 19.5. The molecule has 0 N–H and O–H groups in total. The molecule has 2 heterocycles. The number of methoxy groups -OCH3 is 1. The SMILES string of the molecule is C/C=C(\C)C(=O)N1CCC[C@@H]2CN(C(=O)Cc3ccc(OC)cc3)CC[C@@H]21. The van der Waals surface area contributed by atoms with Gasteiger partial charge in [-0.3, -0.25) is 9.59 Å². The standard InChI is InChI=1S/C22H30N2O3/c1-4-16(2)22(26)24-12-5-6-18-15-23(13-11-20(18)24)21(25)14-17-7-9-19(27-3)10-8-17/h4,7-10,18,20H,5-6,11-15H2,1-3H3/b16-4+/t18-,20+/m1/s1. The minimum absolute atomic E-state index is 0.158. The lowest BCUT2D eigenvalue weighted by Crippen LogP contribution is -2.57. The molecule has 2 aliphatic heterocycles. The highest BCUT2D eigenvalue weighted by Crippen LogP contribution is 2.31. The zero-order valence-corrected chi connectivity index (χ0v) is 16.6. The summed E-state index contributed by atoms with van der Waals surface area (Å²) in [5, 5.41) is 0. The Balaban J connectivity index is 1.61. The average Bonchev–Trinajstić information content (AvgIpc) is 2.72. The summed E-state index contributed by atoms with van der Waals surface area (Å²) >= 11 is 0. The lowest BCUT2D eigenvalue weighted by Gasteiger charge is -2.47. The number of hydrogen-bond donors (Lipinski definition) is 0. The molecule has 1 aromatic rings. The Kier molecular flexibility index (Phi) is 6.19. The van der Waals surface area contributed by atoms with E-state index in [-0.39, 0.29) is 17.9 Å². The van der Waals surface area contributed by atoms with Crippen molar-refractivity contribution in [3.8, 4) is 5.75 Å². The molecule has 3 rings (SSSR count). The lowest BCUT2D eigenvalue weighted by atomic mass is 9.83. The maximum absolute atomic E-state index is 12.8. The van der Waals surface area contributed by atoms with Crippen molar-refractivity contribution in [2.75, 3.05) is 26.7 Å². The Morgan fingerprint density at radius 3 is 2.59 bits per heavy atom. The summed E-state index contributed by atoms with van der Waals surface area (Å²) in [5.74, 6) is 1.52. The lowest BCUT2D eigenvalue weighted by molar-refractivity contribution is -0.138. The van der Waals surface area contributed by atoms with Crippen LogP contribution in [0.25, 0.3) is 0 Å². The molecule has 2 fully saturated rings. The number of allylic oxidation sites excluding steroid dienone is 1. The van der Waals surface area contributed by atoms with Crippen LogP contribution in [0.4, 0.5) is 0 Å². The molecule has 2 amide bonds. The van der Waals surface area contributed by atoms with E-state index in [1.54, 1.807) is 7.11 Å². The Morgan fingerprint density at radius 1 is 1.19 bits per heavy atom. The molecule has 0 spiro atoms. The van der Waals surface area contributed by atoms with Crippen molar-refractivity contribution in [1.29, 1.82) is 0 Å². The van der Waals surface area contributed by atoms with Crippen molar-refractivity contribution in [2.24, 2.45) is 5.92 Å². The Morgan fingerprint density at radius 2 is 1.93 bits per heavy atom. The van der Waals surface area contributed by atoms with Gasteiger partial charge in [-0.25, -0.2) is 0 Å². The summed E-state index contributed by atoms with van der Waals surface area (Å²) in [4.78, 5) is 29.5. The third-order valence-electron chi connectivity index (χ3n) is 5.97. The average molecular weight is 370 g/mol. The van der Waals surface area contributed by atoms with Crippen LogP contribution in [0, 0.1) is 5.92 Å². The molecular weight excluding hydrogens is 340 g/mol. The molecule has 0 radical (unpaired) electrons. The van der Waals surface area contributed by atoms with Gasteiger partial charge in [0.2, 0.25) is 11.8 Å². The number of carbonyl (C=O) groups is 2. The Labute approximate surface area is 162 Å². The number of amides is 2. The van der Waals surface area contributed by atoms with Gasteiger partial charge in [0, 0.05) is 31.2 Å². The Hall–Kier alpha value is -2.30. The zero-order valence-electron chi connectivity index (χ0n) is 16.6. The van der Waals surface area contributed by atoms with Crippen molar-refractivity contribution >= 4 is 11.8 Å². The van der Waals surface area contributed by atoms with Crippen molar-refractivity contribution in [2.45, 2.75) is 45.6 Å². The number of rotatable bonds is 4. The van der Waals surface area contributed by atoms with Gasteiger partial charge in [-0.1, -0.05) is 18.2 Å². The molecule has 2 saturated heterocycles. The van der Waals surface area contributed by atoms with E-state index >= 15 is 0 Å².